The second kappa shape index (κ2) is 8.65. The van der Waals surface area contributed by atoms with Gasteiger partial charge < -0.3 is 10.2 Å². The normalized spacial score (nSPS) is 14.4. The maximum atomic E-state index is 13.6. The molecule has 6 heteroatoms. The van der Waals surface area contributed by atoms with Crippen LogP contribution in [0.3, 0.4) is 0 Å². The second-order valence-corrected chi connectivity index (χ2v) is 9.53. The lowest BCUT2D eigenvalue weighted by atomic mass is 10.0. The molecule has 162 valence electrons. The van der Waals surface area contributed by atoms with E-state index in [1.54, 1.807) is 12.1 Å². The van der Waals surface area contributed by atoms with Crippen molar-refractivity contribution >= 4 is 32.2 Å². The molecule has 1 heterocycles. The monoisotopic (exact) mass is 443 g/mol. The highest BCUT2D eigenvalue weighted by molar-refractivity contribution is 7.93. The van der Waals surface area contributed by atoms with E-state index < -0.39 is 10.0 Å². The molecule has 0 atom stereocenters. The average Bonchev–Trinajstić information content (AvgIpc) is 2.84. The first-order valence-corrected chi connectivity index (χ1v) is 12.3. The van der Waals surface area contributed by atoms with Crippen LogP contribution in [0.25, 0.3) is 21.9 Å². The number of rotatable bonds is 5. The Morgan fingerprint density at radius 3 is 2.16 bits per heavy atom. The zero-order valence-electron chi connectivity index (χ0n) is 17.7. The predicted molar refractivity (Wildman–Crippen MR) is 132 cm³/mol. The summed E-state index contributed by atoms with van der Waals surface area (Å²) in [6.45, 7) is 3.65. The van der Waals surface area contributed by atoms with E-state index in [1.807, 2.05) is 78.9 Å². The minimum absolute atomic E-state index is 0.287. The largest absolute Gasteiger partial charge is 0.368 e. The van der Waals surface area contributed by atoms with Gasteiger partial charge in [-0.05, 0) is 23.8 Å². The van der Waals surface area contributed by atoms with Crippen molar-refractivity contribution in [2.24, 2.45) is 0 Å². The number of benzene rings is 4. The summed E-state index contributed by atoms with van der Waals surface area (Å²) in [5.41, 5.74) is 3.45. The first kappa shape index (κ1) is 20.5. The standard InChI is InChI=1S/C26H25N3O2S/c30-32(31,28-24-13-7-6-10-21(24)20-8-2-1-3-9-20)26-15-14-25(29-18-16-27-17-19-29)22-11-4-5-12-23(22)26/h1-15,27-28H,16-19H2. The maximum absolute atomic E-state index is 13.6. The molecule has 0 bridgehead atoms. The van der Waals surface area contributed by atoms with Gasteiger partial charge in [0.25, 0.3) is 10.0 Å². The number of hydrogen-bond donors (Lipinski definition) is 2. The molecule has 1 fully saturated rings. The first-order valence-electron chi connectivity index (χ1n) is 10.8. The van der Waals surface area contributed by atoms with E-state index in [-0.39, 0.29) is 4.90 Å². The lowest BCUT2D eigenvalue weighted by Crippen LogP contribution is -2.43. The smallest absolute Gasteiger partial charge is 0.262 e. The topological polar surface area (TPSA) is 61.4 Å². The lowest BCUT2D eigenvalue weighted by Gasteiger charge is -2.30. The van der Waals surface area contributed by atoms with E-state index in [0.29, 0.717) is 5.69 Å². The molecule has 1 saturated heterocycles. The van der Waals surface area contributed by atoms with Gasteiger partial charge in [0.15, 0.2) is 0 Å². The summed E-state index contributed by atoms with van der Waals surface area (Å²) in [6.07, 6.45) is 0. The zero-order valence-corrected chi connectivity index (χ0v) is 18.5. The van der Waals surface area contributed by atoms with E-state index in [1.165, 1.54) is 0 Å². The molecule has 4 aromatic carbocycles. The summed E-state index contributed by atoms with van der Waals surface area (Å²) in [6, 6.07) is 28.7. The maximum Gasteiger partial charge on any atom is 0.262 e. The highest BCUT2D eigenvalue weighted by Crippen LogP contribution is 2.34. The Morgan fingerprint density at radius 2 is 1.38 bits per heavy atom. The summed E-state index contributed by atoms with van der Waals surface area (Å²) in [5.74, 6) is 0. The van der Waals surface area contributed by atoms with Gasteiger partial charge in [0, 0.05) is 48.2 Å². The third-order valence-electron chi connectivity index (χ3n) is 5.86. The molecule has 2 N–H and O–H groups in total. The van der Waals surface area contributed by atoms with E-state index in [9.17, 15) is 8.42 Å². The Bertz CT molecular complexity index is 1350. The van der Waals surface area contributed by atoms with Crippen LogP contribution in [-0.2, 0) is 10.0 Å². The van der Waals surface area contributed by atoms with Crippen molar-refractivity contribution < 1.29 is 8.42 Å². The van der Waals surface area contributed by atoms with Crippen molar-refractivity contribution in [3.8, 4) is 11.1 Å². The van der Waals surface area contributed by atoms with Crippen LogP contribution < -0.4 is 14.9 Å². The second-order valence-electron chi connectivity index (χ2n) is 7.88. The minimum Gasteiger partial charge on any atom is -0.368 e. The zero-order chi connectivity index (χ0) is 22.0. The van der Waals surface area contributed by atoms with Crippen molar-refractivity contribution in [1.82, 2.24) is 5.32 Å². The molecule has 0 radical (unpaired) electrons. The van der Waals surface area contributed by atoms with Gasteiger partial charge in [-0.3, -0.25) is 4.72 Å². The third-order valence-corrected chi connectivity index (χ3v) is 7.29. The minimum atomic E-state index is -3.80. The Morgan fingerprint density at radius 1 is 0.719 bits per heavy atom. The Hall–Kier alpha value is -3.35. The third kappa shape index (κ3) is 3.95. The van der Waals surface area contributed by atoms with Crippen LogP contribution in [0, 0.1) is 0 Å². The molecule has 1 aliphatic rings. The summed E-state index contributed by atoms with van der Waals surface area (Å²) < 4.78 is 29.9. The highest BCUT2D eigenvalue weighted by Gasteiger charge is 2.22. The number of fused-ring (bicyclic) bond motifs is 1. The molecule has 0 spiro atoms. The predicted octanol–water partition coefficient (Wildman–Crippen LogP) is 4.72. The fourth-order valence-electron chi connectivity index (χ4n) is 4.31. The molecule has 5 nitrogen and oxygen atoms in total. The van der Waals surface area contributed by atoms with Gasteiger partial charge >= 0.3 is 0 Å². The van der Waals surface area contributed by atoms with Crippen LogP contribution >= 0.6 is 0 Å². The molecular weight excluding hydrogens is 418 g/mol. The number of para-hydroxylation sites is 1. The van der Waals surface area contributed by atoms with Crippen LogP contribution in [-0.4, -0.2) is 34.6 Å². The fraction of sp³-hybridized carbons (Fsp3) is 0.154. The summed E-state index contributed by atoms with van der Waals surface area (Å²) in [5, 5.41) is 5.05. The first-order chi connectivity index (χ1) is 15.6. The number of nitrogens with one attached hydrogen (secondary N) is 2. The average molecular weight is 444 g/mol. The van der Waals surface area contributed by atoms with Crippen LogP contribution in [0.4, 0.5) is 11.4 Å². The number of anilines is 2. The quantitative estimate of drug-likeness (QED) is 0.469. The van der Waals surface area contributed by atoms with Crippen molar-refractivity contribution in [1.29, 1.82) is 0 Å². The Balaban J connectivity index is 1.57. The number of hydrogen-bond acceptors (Lipinski definition) is 4. The van der Waals surface area contributed by atoms with E-state index in [2.05, 4.69) is 14.9 Å². The van der Waals surface area contributed by atoms with E-state index in [0.717, 1.165) is 53.8 Å². The molecule has 0 saturated carbocycles. The molecule has 0 aromatic heterocycles. The molecular formula is C26H25N3O2S. The van der Waals surface area contributed by atoms with Gasteiger partial charge in [0.2, 0.25) is 0 Å². The number of piperazine rings is 1. The Kier molecular flexibility index (Phi) is 5.55. The molecule has 5 rings (SSSR count). The lowest BCUT2D eigenvalue weighted by molar-refractivity contribution is 0.590. The van der Waals surface area contributed by atoms with Crippen molar-refractivity contribution in [2.45, 2.75) is 4.90 Å². The number of nitrogens with zero attached hydrogens (tertiary/aromatic N) is 1. The molecule has 0 amide bonds. The van der Waals surface area contributed by atoms with E-state index in [4.69, 9.17) is 0 Å². The summed E-state index contributed by atoms with van der Waals surface area (Å²) in [4.78, 5) is 2.60. The van der Waals surface area contributed by atoms with Gasteiger partial charge in [-0.1, -0.05) is 72.8 Å². The fourth-order valence-corrected chi connectivity index (χ4v) is 5.60. The van der Waals surface area contributed by atoms with Crippen molar-refractivity contribution in [2.75, 3.05) is 35.8 Å². The number of sulfonamides is 1. The van der Waals surface area contributed by atoms with Crippen LogP contribution in [0.5, 0.6) is 0 Å². The van der Waals surface area contributed by atoms with Crippen LogP contribution in [0.15, 0.2) is 95.9 Å². The highest BCUT2D eigenvalue weighted by atomic mass is 32.2. The van der Waals surface area contributed by atoms with E-state index >= 15 is 0 Å². The van der Waals surface area contributed by atoms with Crippen molar-refractivity contribution in [3.63, 3.8) is 0 Å². The molecule has 4 aromatic rings. The summed E-state index contributed by atoms with van der Waals surface area (Å²) in [7, 11) is -3.80. The van der Waals surface area contributed by atoms with Gasteiger partial charge in [0.05, 0.1) is 10.6 Å². The summed E-state index contributed by atoms with van der Waals surface area (Å²) >= 11 is 0. The van der Waals surface area contributed by atoms with Crippen LogP contribution in [0.1, 0.15) is 0 Å². The molecule has 32 heavy (non-hydrogen) atoms. The van der Waals surface area contributed by atoms with Gasteiger partial charge in [-0.2, -0.15) is 0 Å². The molecule has 0 unspecified atom stereocenters. The van der Waals surface area contributed by atoms with Gasteiger partial charge in [0.1, 0.15) is 0 Å². The SMILES string of the molecule is O=S(=O)(Nc1ccccc1-c1ccccc1)c1ccc(N2CCNCC2)c2ccccc12. The van der Waals surface area contributed by atoms with Crippen LogP contribution in [0.2, 0.25) is 0 Å². The van der Waals surface area contributed by atoms with Crippen molar-refractivity contribution in [3.05, 3.63) is 91.0 Å². The Labute approximate surface area is 188 Å². The van der Waals surface area contributed by atoms with Gasteiger partial charge in [-0.25, -0.2) is 8.42 Å². The van der Waals surface area contributed by atoms with Gasteiger partial charge in [-0.15, -0.1) is 0 Å². The molecule has 1 aliphatic heterocycles. The molecule has 0 aliphatic carbocycles.